The summed E-state index contributed by atoms with van der Waals surface area (Å²) in [6.45, 7) is 6.93. The lowest BCUT2D eigenvalue weighted by Crippen LogP contribution is -2.45. The summed E-state index contributed by atoms with van der Waals surface area (Å²) in [5, 5.41) is 0. The molecule has 0 amide bonds. The van der Waals surface area contributed by atoms with Crippen LogP contribution < -0.4 is 5.73 Å². The molecular weight excluding hydrogens is 226 g/mol. The summed E-state index contributed by atoms with van der Waals surface area (Å²) in [6, 6.07) is 5.92. The molecule has 2 N–H and O–H groups in total. The normalized spacial score (nSPS) is 27.4. The Labute approximate surface area is 108 Å². The maximum atomic E-state index is 12.5. The molecule has 1 aromatic carbocycles. The molecule has 0 radical (unpaired) electrons. The molecule has 0 bridgehead atoms. The van der Waals surface area contributed by atoms with Crippen LogP contribution in [0.15, 0.2) is 18.2 Å². The van der Waals surface area contributed by atoms with Gasteiger partial charge >= 0.3 is 0 Å². The van der Waals surface area contributed by atoms with Crippen molar-refractivity contribution in [1.82, 2.24) is 0 Å². The number of nitrogens with two attached hydrogens (primary N) is 1. The van der Waals surface area contributed by atoms with Gasteiger partial charge in [-0.2, -0.15) is 0 Å². The average molecular weight is 247 g/mol. The third-order valence-corrected chi connectivity index (χ3v) is 4.14. The summed E-state index contributed by atoms with van der Waals surface area (Å²) in [5.41, 5.74) is 8.92. The van der Waals surface area contributed by atoms with E-state index in [1.807, 2.05) is 39.0 Å². The molecule has 0 aliphatic carbocycles. The van der Waals surface area contributed by atoms with Crippen molar-refractivity contribution in [3.05, 3.63) is 34.9 Å². The third-order valence-electron chi connectivity index (χ3n) is 4.14. The van der Waals surface area contributed by atoms with Crippen LogP contribution in [0.1, 0.15) is 23.6 Å². The molecule has 98 valence electrons. The van der Waals surface area contributed by atoms with Gasteiger partial charge < -0.3 is 10.5 Å². The standard InChI is InChI=1S/C15H21NO2/c1-10-5-4-6-11(2)12(10)7-14(17)15(3)9-18-8-13(15)16/h4-6,13H,7-9,16H2,1-3H3. The summed E-state index contributed by atoms with van der Waals surface area (Å²) in [6.07, 6.45) is 0.450. The second kappa shape index (κ2) is 4.82. The molecule has 18 heavy (non-hydrogen) atoms. The highest BCUT2D eigenvalue weighted by atomic mass is 16.5. The lowest BCUT2D eigenvalue weighted by molar-refractivity contribution is -0.127. The quantitative estimate of drug-likeness (QED) is 0.885. The highest BCUT2D eigenvalue weighted by Gasteiger charge is 2.43. The molecule has 2 unspecified atom stereocenters. The van der Waals surface area contributed by atoms with Crippen molar-refractivity contribution in [2.75, 3.05) is 13.2 Å². The van der Waals surface area contributed by atoms with E-state index in [9.17, 15) is 4.79 Å². The first-order valence-corrected chi connectivity index (χ1v) is 6.37. The average Bonchev–Trinajstić information content (AvgIpc) is 2.66. The summed E-state index contributed by atoms with van der Waals surface area (Å²) in [7, 11) is 0. The van der Waals surface area contributed by atoms with Gasteiger partial charge in [0.05, 0.1) is 18.6 Å². The molecule has 1 saturated heterocycles. The first kappa shape index (κ1) is 13.2. The molecule has 2 rings (SSSR count). The van der Waals surface area contributed by atoms with Crippen LogP contribution in [-0.4, -0.2) is 25.0 Å². The molecule has 0 aromatic heterocycles. The van der Waals surface area contributed by atoms with Gasteiger partial charge in [-0.3, -0.25) is 4.79 Å². The van der Waals surface area contributed by atoms with Crippen molar-refractivity contribution in [1.29, 1.82) is 0 Å². The maximum Gasteiger partial charge on any atom is 0.147 e. The first-order chi connectivity index (χ1) is 8.45. The van der Waals surface area contributed by atoms with Gasteiger partial charge in [0.15, 0.2) is 0 Å². The lowest BCUT2D eigenvalue weighted by atomic mass is 9.78. The fourth-order valence-corrected chi connectivity index (χ4v) is 2.47. The predicted molar refractivity (Wildman–Crippen MR) is 71.5 cm³/mol. The Kier molecular flexibility index (Phi) is 3.55. The van der Waals surface area contributed by atoms with Crippen LogP contribution in [-0.2, 0) is 16.0 Å². The number of ether oxygens (including phenoxy) is 1. The number of ketones is 1. The van der Waals surface area contributed by atoms with Crippen molar-refractivity contribution in [2.45, 2.75) is 33.2 Å². The fourth-order valence-electron chi connectivity index (χ4n) is 2.47. The highest BCUT2D eigenvalue weighted by molar-refractivity contribution is 5.88. The number of hydrogen-bond acceptors (Lipinski definition) is 3. The molecule has 1 heterocycles. The Bertz CT molecular complexity index is 449. The van der Waals surface area contributed by atoms with Gasteiger partial charge in [0.2, 0.25) is 0 Å². The molecule has 1 aromatic rings. The monoisotopic (exact) mass is 247 g/mol. The highest BCUT2D eigenvalue weighted by Crippen LogP contribution is 2.30. The Morgan fingerprint density at radius 1 is 1.44 bits per heavy atom. The van der Waals surface area contributed by atoms with E-state index in [0.29, 0.717) is 19.6 Å². The van der Waals surface area contributed by atoms with Crippen LogP contribution in [0.25, 0.3) is 0 Å². The summed E-state index contributed by atoms with van der Waals surface area (Å²) < 4.78 is 5.35. The maximum absolute atomic E-state index is 12.5. The molecule has 2 atom stereocenters. The first-order valence-electron chi connectivity index (χ1n) is 6.37. The van der Waals surface area contributed by atoms with Gasteiger partial charge in [0.25, 0.3) is 0 Å². The van der Waals surface area contributed by atoms with Crippen molar-refractivity contribution in [3.63, 3.8) is 0 Å². The van der Waals surface area contributed by atoms with Gasteiger partial charge in [0, 0.05) is 12.5 Å². The van der Waals surface area contributed by atoms with E-state index >= 15 is 0 Å². The smallest absolute Gasteiger partial charge is 0.147 e. The van der Waals surface area contributed by atoms with Crippen LogP contribution in [0, 0.1) is 19.3 Å². The second-order valence-corrected chi connectivity index (χ2v) is 5.51. The zero-order chi connectivity index (χ0) is 13.3. The Hall–Kier alpha value is -1.19. The minimum absolute atomic E-state index is 0.185. The van der Waals surface area contributed by atoms with Gasteiger partial charge in [-0.25, -0.2) is 0 Å². The SMILES string of the molecule is Cc1cccc(C)c1CC(=O)C1(C)COCC1N. The Morgan fingerprint density at radius 3 is 2.56 bits per heavy atom. The van der Waals surface area contributed by atoms with E-state index < -0.39 is 5.41 Å². The minimum Gasteiger partial charge on any atom is -0.379 e. The van der Waals surface area contributed by atoms with Crippen molar-refractivity contribution in [3.8, 4) is 0 Å². The van der Waals surface area contributed by atoms with Crippen molar-refractivity contribution in [2.24, 2.45) is 11.1 Å². The largest absolute Gasteiger partial charge is 0.379 e. The molecular formula is C15H21NO2. The van der Waals surface area contributed by atoms with Gasteiger partial charge in [-0.1, -0.05) is 18.2 Å². The van der Waals surface area contributed by atoms with Crippen LogP contribution in [0.5, 0.6) is 0 Å². The Morgan fingerprint density at radius 2 is 2.06 bits per heavy atom. The van der Waals surface area contributed by atoms with Crippen LogP contribution in [0.4, 0.5) is 0 Å². The van der Waals surface area contributed by atoms with E-state index in [2.05, 4.69) is 0 Å². The van der Waals surface area contributed by atoms with Gasteiger partial charge in [-0.05, 0) is 37.5 Å². The van der Waals surface area contributed by atoms with Crippen molar-refractivity contribution >= 4 is 5.78 Å². The predicted octanol–water partition coefficient (Wildman–Crippen LogP) is 1.78. The van der Waals surface area contributed by atoms with Gasteiger partial charge in [0.1, 0.15) is 5.78 Å². The Balaban J connectivity index is 2.22. The minimum atomic E-state index is -0.533. The number of rotatable bonds is 3. The number of hydrogen-bond donors (Lipinski definition) is 1. The van der Waals surface area contributed by atoms with E-state index in [-0.39, 0.29) is 11.8 Å². The zero-order valence-corrected chi connectivity index (χ0v) is 11.3. The van der Waals surface area contributed by atoms with Crippen LogP contribution >= 0.6 is 0 Å². The number of carbonyl (C=O) groups is 1. The van der Waals surface area contributed by atoms with E-state index in [0.717, 1.165) is 5.56 Å². The molecule has 1 aliphatic heterocycles. The van der Waals surface area contributed by atoms with E-state index in [4.69, 9.17) is 10.5 Å². The number of carbonyl (C=O) groups excluding carboxylic acids is 1. The van der Waals surface area contributed by atoms with E-state index in [1.165, 1.54) is 11.1 Å². The molecule has 1 fully saturated rings. The topological polar surface area (TPSA) is 52.3 Å². The second-order valence-electron chi connectivity index (χ2n) is 5.51. The number of aryl methyl sites for hydroxylation is 2. The summed E-state index contributed by atoms with van der Waals surface area (Å²) in [4.78, 5) is 12.5. The summed E-state index contributed by atoms with van der Waals surface area (Å²) >= 11 is 0. The number of Topliss-reactive ketones (excluding diaryl/α,β-unsaturated/α-hetero) is 1. The van der Waals surface area contributed by atoms with Crippen LogP contribution in [0.3, 0.4) is 0 Å². The molecule has 3 nitrogen and oxygen atoms in total. The third kappa shape index (κ3) is 2.20. The molecule has 0 saturated carbocycles. The molecule has 0 spiro atoms. The summed E-state index contributed by atoms with van der Waals surface area (Å²) in [5.74, 6) is 0.185. The van der Waals surface area contributed by atoms with Crippen LogP contribution in [0.2, 0.25) is 0 Å². The van der Waals surface area contributed by atoms with E-state index in [1.54, 1.807) is 0 Å². The molecule has 3 heteroatoms. The van der Waals surface area contributed by atoms with Gasteiger partial charge in [-0.15, -0.1) is 0 Å². The van der Waals surface area contributed by atoms with Crippen molar-refractivity contribution < 1.29 is 9.53 Å². The number of benzene rings is 1. The zero-order valence-electron chi connectivity index (χ0n) is 11.3. The fraction of sp³-hybridized carbons (Fsp3) is 0.533. The lowest BCUT2D eigenvalue weighted by Gasteiger charge is -2.25. The molecule has 1 aliphatic rings.